The van der Waals surface area contributed by atoms with Crippen molar-refractivity contribution in [1.29, 1.82) is 0 Å². The Hall–Kier alpha value is -3.48. The highest BCUT2D eigenvalue weighted by Crippen LogP contribution is 2.11. The number of rotatable bonds is 3. The summed E-state index contributed by atoms with van der Waals surface area (Å²) in [7, 11) is -1.10. The number of carbonyl (C=O) groups excluding carboxylic acids is 2. The summed E-state index contributed by atoms with van der Waals surface area (Å²) < 4.78 is 15.0. The molecule has 0 atom stereocenters. The van der Waals surface area contributed by atoms with Gasteiger partial charge < -0.3 is 18.4 Å². The number of hydrogen-bond donors (Lipinski definition) is 1. The van der Waals surface area contributed by atoms with E-state index in [0.717, 1.165) is 0 Å². The van der Waals surface area contributed by atoms with Gasteiger partial charge in [0, 0.05) is 0 Å². The van der Waals surface area contributed by atoms with Crippen molar-refractivity contribution in [2.75, 3.05) is 0 Å². The minimum Gasteiger partial charge on any atom is -0.450 e. The summed E-state index contributed by atoms with van der Waals surface area (Å²) in [6.07, 6.45) is 16.3. The fourth-order valence-corrected chi connectivity index (χ4v) is 1.74. The second-order valence-electron chi connectivity index (χ2n) is 6.69. The summed E-state index contributed by atoms with van der Waals surface area (Å²) in [6, 6.07) is 9.66. The summed E-state index contributed by atoms with van der Waals surface area (Å²) in [4.78, 5) is 19.9. The number of furan rings is 3. The predicted molar refractivity (Wildman–Crippen MR) is 129 cm³/mol. The first-order valence-electron chi connectivity index (χ1n) is 8.98. The lowest BCUT2D eigenvalue weighted by atomic mass is 10.4. The van der Waals surface area contributed by atoms with Gasteiger partial charge in [0.1, 0.15) is 20.4 Å². The zero-order valence-electron chi connectivity index (χ0n) is 17.9. The van der Waals surface area contributed by atoms with Crippen molar-refractivity contribution in [2.45, 2.75) is 26.2 Å². The first kappa shape index (κ1) is 28.5. The lowest BCUT2D eigenvalue weighted by Crippen LogP contribution is -2.15. The highest BCUT2D eigenvalue weighted by Gasteiger charge is 2.05. The molecule has 0 spiro atoms. The molecule has 0 unspecified atom stereocenters. The van der Waals surface area contributed by atoms with Gasteiger partial charge in [-0.3, -0.25) is 9.59 Å². The van der Waals surface area contributed by atoms with E-state index in [0.29, 0.717) is 40.3 Å². The van der Waals surface area contributed by atoms with E-state index in [-0.39, 0.29) is 12.4 Å². The maximum atomic E-state index is 9.97. The Kier molecular flexibility index (Phi) is 13.7. The molecule has 3 rings (SSSR count). The van der Waals surface area contributed by atoms with Crippen LogP contribution in [-0.2, 0) is 6.61 Å². The van der Waals surface area contributed by atoms with Crippen molar-refractivity contribution in [3.63, 3.8) is 0 Å². The van der Waals surface area contributed by atoms with Gasteiger partial charge in [-0.1, -0.05) is 19.6 Å². The number of halogens is 1. The molecule has 0 saturated heterocycles. The van der Waals surface area contributed by atoms with Crippen LogP contribution in [0.3, 0.4) is 0 Å². The molecule has 0 aliphatic heterocycles. The van der Waals surface area contributed by atoms with Gasteiger partial charge in [-0.25, -0.2) is 0 Å². The SMILES string of the molecule is C#C[Si](C)(C)C.C#Cc1ccc(C=O)o1.C#Cc1ccc(CO)o1.O=Cc1ccc(Br)o1. The van der Waals surface area contributed by atoms with Crippen LogP contribution in [0.2, 0.25) is 19.6 Å². The molecule has 1 N–H and O–H groups in total. The molecule has 3 aromatic rings. The molecule has 3 heterocycles. The highest BCUT2D eigenvalue weighted by molar-refractivity contribution is 9.10. The van der Waals surface area contributed by atoms with Gasteiger partial charge in [-0.2, -0.15) is 0 Å². The second-order valence-corrected chi connectivity index (χ2v) is 12.3. The van der Waals surface area contributed by atoms with Crippen LogP contribution in [0.1, 0.15) is 38.4 Å². The predicted octanol–water partition coefficient (Wildman–Crippen LogP) is 5.18. The highest BCUT2D eigenvalue weighted by atomic mass is 79.9. The first-order chi connectivity index (χ1) is 15.1. The largest absolute Gasteiger partial charge is 0.450 e. The average Bonchev–Trinajstić information content (AvgIpc) is 3.54. The summed E-state index contributed by atoms with van der Waals surface area (Å²) in [5.74, 6) is 6.52. The summed E-state index contributed by atoms with van der Waals surface area (Å²) >= 11 is 3.05. The minimum atomic E-state index is -1.10. The smallest absolute Gasteiger partial charge is 0.185 e. The van der Waals surface area contributed by atoms with E-state index in [1.165, 1.54) is 6.07 Å². The van der Waals surface area contributed by atoms with Crippen LogP contribution in [0, 0.1) is 36.7 Å². The molecule has 0 aliphatic carbocycles. The molecule has 0 saturated carbocycles. The molecular weight excluding hydrogens is 492 g/mol. The van der Waals surface area contributed by atoms with Gasteiger partial charge in [0.25, 0.3) is 0 Å². The van der Waals surface area contributed by atoms with E-state index in [1.54, 1.807) is 30.3 Å². The lowest BCUT2D eigenvalue weighted by Gasteiger charge is -2.00. The molecule has 3 aromatic heterocycles. The van der Waals surface area contributed by atoms with Gasteiger partial charge in [0.2, 0.25) is 0 Å². The van der Waals surface area contributed by atoms with Gasteiger partial charge >= 0.3 is 0 Å². The quantitative estimate of drug-likeness (QED) is 0.294. The van der Waals surface area contributed by atoms with E-state index in [1.807, 2.05) is 0 Å². The van der Waals surface area contributed by atoms with E-state index in [9.17, 15) is 9.59 Å². The third-order valence-corrected chi connectivity index (χ3v) is 4.28. The number of hydrogen-bond acceptors (Lipinski definition) is 6. The van der Waals surface area contributed by atoms with Gasteiger partial charge in [0.15, 0.2) is 40.3 Å². The van der Waals surface area contributed by atoms with Crippen LogP contribution in [-0.4, -0.2) is 25.8 Å². The van der Waals surface area contributed by atoms with Crippen molar-refractivity contribution in [3.8, 4) is 36.7 Å². The van der Waals surface area contributed by atoms with Gasteiger partial charge in [-0.15, -0.1) is 24.8 Å². The number of terminal acetylenes is 3. The second kappa shape index (κ2) is 15.3. The van der Waals surface area contributed by atoms with Gasteiger partial charge in [-0.05, 0) is 64.2 Å². The van der Waals surface area contributed by atoms with Crippen LogP contribution in [0.15, 0.2) is 54.3 Å². The van der Waals surface area contributed by atoms with Crippen LogP contribution in [0.4, 0.5) is 0 Å². The standard InChI is InChI=1S/C7H6O2.C7H4O2.C5H3BrO2.C5H10Si/c2*1-2-6-3-4-7(5-8)9-6;6-5-2-1-4(3-7)8-5;1-5-6(2,3)4/h1,3-4,8H,5H2;1,3-5H;1-3H;1H,2-4H3. The van der Waals surface area contributed by atoms with Crippen LogP contribution >= 0.6 is 15.9 Å². The summed E-state index contributed by atoms with van der Waals surface area (Å²) in [5, 5.41) is 8.48. The molecule has 0 aliphatic rings. The van der Waals surface area contributed by atoms with E-state index >= 15 is 0 Å². The zero-order chi connectivity index (χ0) is 24.6. The molecule has 0 bridgehead atoms. The summed E-state index contributed by atoms with van der Waals surface area (Å²) in [5.41, 5.74) is 2.74. The minimum absolute atomic E-state index is 0.0956. The van der Waals surface area contributed by atoms with Crippen molar-refractivity contribution < 1.29 is 27.9 Å². The van der Waals surface area contributed by atoms with E-state index in [2.05, 4.69) is 53.0 Å². The average molecular weight is 515 g/mol. The van der Waals surface area contributed by atoms with Crippen LogP contribution in [0.5, 0.6) is 0 Å². The van der Waals surface area contributed by atoms with Crippen molar-refractivity contribution >= 4 is 36.6 Å². The molecule has 32 heavy (non-hydrogen) atoms. The molecule has 0 amide bonds. The Morgan fingerprint density at radius 2 is 1.34 bits per heavy atom. The molecular formula is C24H23BrO6Si. The molecule has 0 radical (unpaired) electrons. The fourth-order valence-electron chi connectivity index (χ4n) is 1.43. The topological polar surface area (TPSA) is 93.8 Å². The van der Waals surface area contributed by atoms with Crippen molar-refractivity contribution in [1.82, 2.24) is 0 Å². The molecule has 0 aromatic carbocycles. The normalized spacial score (nSPS) is 9.06. The van der Waals surface area contributed by atoms with Crippen LogP contribution < -0.4 is 0 Å². The van der Waals surface area contributed by atoms with Crippen molar-refractivity contribution in [2.24, 2.45) is 0 Å². The summed E-state index contributed by atoms with van der Waals surface area (Å²) in [6.45, 7) is 6.34. The Balaban J connectivity index is 0.000000406. The molecule has 0 fully saturated rings. The molecule has 166 valence electrons. The Bertz CT molecular complexity index is 1090. The number of aliphatic hydroxyl groups is 1. The zero-order valence-corrected chi connectivity index (χ0v) is 20.5. The number of aldehydes is 2. The first-order valence-corrected chi connectivity index (χ1v) is 13.3. The molecule has 6 nitrogen and oxygen atoms in total. The van der Waals surface area contributed by atoms with Crippen LogP contribution in [0.25, 0.3) is 0 Å². The van der Waals surface area contributed by atoms with E-state index < -0.39 is 8.07 Å². The third-order valence-electron chi connectivity index (χ3n) is 2.99. The maximum Gasteiger partial charge on any atom is 0.185 e. The third kappa shape index (κ3) is 12.9. The number of aliphatic hydroxyl groups excluding tert-OH is 1. The monoisotopic (exact) mass is 514 g/mol. The Labute approximate surface area is 197 Å². The Morgan fingerprint density at radius 3 is 1.59 bits per heavy atom. The lowest BCUT2D eigenvalue weighted by molar-refractivity contribution is 0.109. The fraction of sp³-hybridized carbons (Fsp3) is 0.167. The Morgan fingerprint density at radius 1 is 0.875 bits per heavy atom. The molecule has 8 heteroatoms. The van der Waals surface area contributed by atoms with Gasteiger partial charge in [0.05, 0.1) is 0 Å². The van der Waals surface area contributed by atoms with E-state index in [4.69, 9.17) is 37.6 Å². The maximum absolute atomic E-state index is 9.97. The van der Waals surface area contributed by atoms with Crippen molar-refractivity contribution in [3.05, 3.63) is 69.9 Å². The number of carbonyl (C=O) groups is 2.